The number of aryl methyl sites for hydroxylation is 1. The van der Waals surface area contributed by atoms with Crippen LogP contribution >= 0.6 is 23.2 Å². The summed E-state index contributed by atoms with van der Waals surface area (Å²) < 4.78 is 1.98. The zero-order chi connectivity index (χ0) is 19.1. The van der Waals surface area contributed by atoms with Crippen LogP contribution in [0.1, 0.15) is 16.1 Å². The maximum atomic E-state index is 12.0. The summed E-state index contributed by atoms with van der Waals surface area (Å²) in [5.41, 5.74) is 1.66. The van der Waals surface area contributed by atoms with E-state index in [0.717, 1.165) is 11.7 Å². The molecular formula is C18H23Cl2N5O. The van der Waals surface area contributed by atoms with Crippen molar-refractivity contribution in [2.24, 2.45) is 12.0 Å². The lowest BCUT2D eigenvalue weighted by molar-refractivity contribution is 0.0954. The van der Waals surface area contributed by atoms with Crippen LogP contribution in [0.25, 0.3) is 0 Å². The third kappa shape index (κ3) is 5.68. The Kier molecular flexibility index (Phi) is 7.36. The minimum absolute atomic E-state index is 0.134. The highest BCUT2D eigenvalue weighted by atomic mass is 35.5. The maximum absolute atomic E-state index is 12.0. The number of carbonyl (C=O) groups excluding carboxylic acids is 1. The van der Waals surface area contributed by atoms with Gasteiger partial charge in [-0.05, 0) is 30.3 Å². The van der Waals surface area contributed by atoms with Gasteiger partial charge in [0.1, 0.15) is 0 Å². The van der Waals surface area contributed by atoms with E-state index in [2.05, 4.69) is 15.6 Å². The smallest absolute Gasteiger partial charge is 0.251 e. The number of aromatic nitrogens is 1. The number of nitrogens with one attached hydrogen (secondary N) is 2. The Labute approximate surface area is 163 Å². The summed E-state index contributed by atoms with van der Waals surface area (Å²) in [6, 6.07) is 8.71. The second-order valence-corrected chi connectivity index (χ2v) is 6.73. The molecule has 1 aromatic carbocycles. The van der Waals surface area contributed by atoms with Gasteiger partial charge < -0.3 is 20.1 Å². The zero-order valence-corrected chi connectivity index (χ0v) is 16.6. The first-order valence-corrected chi connectivity index (χ1v) is 8.92. The van der Waals surface area contributed by atoms with Gasteiger partial charge in [-0.3, -0.25) is 9.79 Å². The zero-order valence-electron chi connectivity index (χ0n) is 15.1. The number of benzene rings is 1. The van der Waals surface area contributed by atoms with Crippen LogP contribution < -0.4 is 10.6 Å². The molecule has 0 saturated carbocycles. The molecule has 8 heteroatoms. The molecule has 0 radical (unpaired) electrons. The summed E-state index contributed by atoms with van der Waals surface area (Å²) in [6.45, 7) is 1.70. The van der Waals surface area contributed by atoms with Gasteiger partial charge in [0.05, 0.1) is 11.6 Å². The van der Waals surface area contributed by atoms with Crippen molar-refractivity contribution in [1.82, 2.24) is 20.1 Å². The fraction of sp³-hybridized carbons (Fsp3) is 0.333. The molecule has 0 aliphatic heterocycles. The van der Waals surface area contributed by atoms with Crippen LogP contribution in [0.15, 0.2) is 41.5 Å². The number of rotatable bonds is 6. The SMILES string of the molecule is CN=C(NCCNC(=O)c1ccc(Cl)cc1)N(C)Cc1cc(Cl)cn1C. The van der Waals surface area contributed by atoms with E-state index in [-0.39, 0.29) is 5.91 Å². The van der Waals surface area contributed by atoms with Crippen LogP contribution in [0.3, 0.4) is 0 Å². The van der Waals surface area contributed by atoms with E-state index >= 15 is 0 Å². The van der Waals surface area contributed by atoms with Gasteiger partial charge >= 0.3 is 0 Å². The van der Waals surface area contributed by atoms with Crippen LogP contribution in [0, 0.1) is 0 Å². The van der Waals surface area contributed by atoms with Crippen molar-refractivity contribution in [2.45, 2.75) is 6.54 Å². The van der Waals surface area contributed by atoms with Gasteiger partial charge in [-0.25, -0.2) is 0 Å². The van der Waals surface area contributed by atoms with Crippen LogP contribution in [-0.4, -0.2) is 48.5 Å². The van der Waals surface area contributed by atoms with Crippen molar-refractivity contribution in [3.63, 3.8) is 0 Å². The molecule has 1 amide bonds. The molecule has 2 rings (SSSR count). The summed E-state index contributed by atoms with van der Waals surface area (Å²) in [6.07, 6.45) is 1.87. The highest BCUT2D eigenvalue weighted by molar-refractivity contribution is 6.30. The van der Waals surface area contributed by atoms with Crippen LogP contribution in [0.4, 0.5) is 0 Å². The fourth-order valence-electron chi connectivity index (χ4n) is 2.48. The topological polar surface area (TPSA) is 61.7 Å². The molecule has 140 valence electrons. The number of hydrogen-bond donors (Lipinski definition) is 2. The number of amides is 1. The molecule has 0 atom stereocenters. The van der Waals surface area contributed by atoms with Gasteiger partial charge in [0, 0.05) is 56.7 Å². The second-order valence-electron chi connectivity index (χ2n) is 5.85. The van der Waals surface area contributed by atoms with E-state index in [1.54, 1.807) is 31.3 Å². The van der Waals surface area contributed by atoms with Gasteiger partial charge in [-0.2, -0.15) is 0 Å². The molecule has 2 aromatic rings. The standard InChI is InChI=1S/C18H23Cl2N5O/c1-21-18(25(3)12-16-10-15(20)11-24(16)2)23-9-8-22-17(26)13-4-6-14(19)7-5-13/h4-7,10-11H,8-9,12H2,1-3H3,(H,21,23)(H,22,26). The summed E-state index contributed by atoms with van der Waals surface area (Å²) in [5, 5.41) is 7.41. The van der Waals surface area contributed by atoms with Crippen LogP contribution in [0.5, 0.6) is 0 Å². The van der Waals surface area contributed by atoms with Gasteiger partial charge in [0.15, 0.2) is 5.96 Å². The van der Waals surface area contributed by atoms with Crippen molar-refractivity contribution >= 4 is 35.1 Å². The first-order valence-electron chi connectivity index (χ1n) is 8.17. The van der Waals surface area contributed by atoms with E-state index in [0.29, 0.717) is 35.2 Å². The minimum atomic E-state index is -0.134. The number of nitrogens with zero attached hydrogens (tertiary/aromatic N) is 3. The Morgan fingerprint density at radius 2 is 1.81 bits per heavy atom. The molecule has 26 heavy (non-hydrogen) atoms. The summed E-state index contributed by atoms with van der Waals surface area (Å²) >= 11 is 11.8. The monoisotopic (exact) mass is 395 g/mol. The lowest BCUT2D eigenvalue weighted by atomic mass is 10.2. The summed E-state index contributed by atoms with van der Waals surface area (Å²) in [7, 11) is 5.63. The lowest BCUT2D eigenvalue weighted by Crippen LogP contribution is -2.42. The number of guanidine groups is 1. The molecular weight excluding hydrogens is 373 g/mol. The van der Waals surface area contributed by atoms with Crippen molar-refractivity contribution in [2.75, 3.05) is 27.2 Å². The molecule has 0 aliphatic carbocycles. The Morgan fingerprint density at radius 1 is 1.15 bits per heavy atom. The van der Waals surface area contributed by atoms with Crippen molar-refractivity contribution in [3.05, 3.63) is 57.8 Å². The summed E-state index contributed by atoms with van der Waals surface area (Å²) in [4.78, 5) is 18.3. The normalized spacial score (nSPS) is 11.3. The molecule has 0 aliphatic rings. The van der Waals surface area contributed by atoms with Crippen LogP contribution in [-0.2, 0) is 13.6 Å². The molecule has 0 unspecified atom stereocenters. The Bertz CT molecular complexity index is 770. The highest BCUT2D eigenvalue weighted by Gasteiger charge is 2.10. The quantitative estimate of drug-likeness (QED) is 0.449. The number of carbonyl (C=O) groups is 1. The highest BCUT2D eigenvalue weighted by Crippen LogP contribution is 2.14. The number of aliphatic imine (C=N–C) groups is 1. The average Bonchev–Trinajstić information content (AvgIpc) is 2.92. The van der Waals surface area contributed by atoms with Gasteiger partial charge in [-0.1, -0.05) is 23.2 Å². The predicted octanol–water partition coefficient (Wildman–Crippen LogP) is 2.77. The minimum Gasteiger partial charge on any atom is -0.354 e. The van der Waals surface area contributed by atoms with Crippen molar-refractivity contribution in [1.29, 1.82) is 0 Å². The lowest BCUT2D eigenvalue weighted by Gasteiger charge is -2.22. The average molecular weight is 396 g/mol. The van der Waals surface area contributed by atoms with E-state index in [1.807, 2.05) is 35.8 Å². The molecule has 0 bridgehead atoms. The van der Waals surface area contributed by atoms with E-state index < -0.39 is 0 Å². The van der Waals surface area contributed by atoms with E-state index in [4.69, 9.17) is 23.2 Å². The first kappa shape index (κ1) is 20.1. The largest absolute Gasteiger partial charge is 0.354 e. The predicted molar refractivity (Wildman–Crippen MR) is 107 cm³/mol. The second kappa shape index (κ2) is 9.50. The fourth-order valence-corrected chi connectivity index (χ4v) is 2.88. The molecule has 2 N–H and O–H groups in total. The molecule has 0 spiro atoms. The molecule has 0 saturated heterocycles. The maximum Gasteiger partial charge on any atom is 0.251 e. The van der Waals surface area contributed by atoms with Crippen molar-refractivity contribution < 1.29 is 4.79 Å². The third-order valence-corrected chi connectivity index (χ3v) is 4.31. The van der Waals surface area contributed by atoms with Crippen LogP contribution in [0.2, 0.25) is 10.0 Å². The van der Waals surface area contributed by atoms with E-state index in [9.17, 15) is 4.79 Å². The molecule has 0 fully saturated rings. The number of halogens is 2. The first-order chi connectivity index (χ1) is 12.4. The Morgan fingerprint density at radius 3 is 2.38 bits per heavy atom. The summed E-state index contributed by atoms with van der Waals surface area (Å²) in [5.74, 6) is 0.605. The molecule has 1 heterocycles. The van der Waals surface area contributed by atoms with Gasteiger partial charge in [0.25, 0.3) is 5.91 Å². The third-order valence-electron chi connectivity index (χ3n) is 3.85. The molecule has 1 aromatic heterocycles. The Hall–Kier alpha value is -2.18. The van der Waals surface area contributed by atoms with E-state index in [1.165, 1.54) is 0 Å². The number of hydrogen-bond acceptors (Lipinski definition) is 2. The van der Waals surface area contributed by atoms with Gasteiger partial charge in [0.2, 0.25) is 0 Å². The Balaban J connectivity index is 1.78. The molecule has 6 nitrogen and oxygen atoms in total. The van der Waals surface area contributed by atoms with Crippen molar-refractivity contribution in [3.8, 4) is 0 Å². The van der Waals surface area contributed by atoms with Gasteiger partial charge in [-0.15, -0.1) is 0 Å².